The van der Waals surface area contributed by atoms with E-state index in [4.69, 9.17) is 9.84 Å². The molecule has 2 aromatic rings. The number of thiophene rings is 1. The molecule has 1 aliphatic rings. The number of carbonyl (C=O) groups excluding carboxylic acids is 1. The summed E-state index contributed by atoms with van der Waals surface area (Å²) in [6, 6.07) is 10.8. The average Bonchev–Trinajstić information content (AvgIpc) is 2.93. The van der Waals surface area contributed by atoms with Gasteiger partial charge in [-0.2, -0.15) is 0 Å². The lowest BCUT2D eigenvalue weighted by Gasteiger charge is -2.19. The van der Waals surface area contributed by atoms with Gasteiger partial charge < -0.3 is 15.2 Å². The van der Waals surface area contributed by atoms with Crippen LogP contribution in [0.1, 0.15) is 9.75 Å². The molecule has 1 amide bonds. The normalized spacial score (nSPS) is 15.5. The van der Waals surface area contributed by atoms with Gasteiger partial charge in [0.1, 0.15) is 0 Å². The Morgan fingerprint density at radius 1 is 1.18 bits per heavy atom. The summed E-state index contributed by atoms with van der Waals surface area (Å²) in [7, 11) is 0. The quantitative estimate of drug-likeness (QED) is 0.853. The van der Waals surface area contributed by atoms with E-state index in [1.54, 1.807) is 30.3 Å². The maximum absolute atomic E-state index is 12.0. The summed E-state index contributed by atoms with van der Waals surface area (Å²) in [6.07, 6.45) is 4.21. The number of carboxylic acids is 1. The molecular formula is C16H11NO4S. The van der Waals surface area contributed by atoms with Gasteiger partial charge in [-0.1, -0.05) is 12.1 Å². The predicted molar refractivity (Wildman–Crippen MR) is 84.7 cm³/mol. The first-order chi connectivity index (χ1) is 10.6. The van der Waals surface area contributed by atoms with E-state index in [1.807, 2.05) is 12.1 Å². The smallest absolute Gasteiger partial charge is 0.328 e. The van der Waals surface area contributed by atoms with Crippen LogP contribution in [0, 0.1) is 0 Å². The Balaban J connectivity index is 1.84. The Morgan fingerprint density at radius 2 is 1.95 bits per heavy atom. The van der Waals surface area contributed by atoms with Gasteiger partial charge in [-0.3, -0.25) is 4.79 Å². The van der Waals surface area contributed by atoms with Crippen LogP contribution in [0.3, 0.4) is 0 Å². The first kappa shape index (κ1) is 14.1. The highest BCUT2D eigenvalue weighted by molar-refractivity contribution is 7.13. The summed E-state index contributed by atoms with van der Waals surface area (Å²) in [5, 5.41) is 11.4. The number of carbonyl (C=O) groups is 2. The third-order valence-electron chi connectivity index (χ3n) is 2.89. The Labute approximate surface area is 130 Å². The van der Waals surface area contributed by atoms with Crippen LogP contribution in [0.2, 0.25) is 0 Å². The standard InChI is InChI=1S/C16H11NO4S/c18-15(19)8-7-10-5-6-11(22-10)9-14-16(20)17-12-3-1-2-4-13(12)21-14/h1-9H,(H,17,20)(H,18,19)/b8-7+,14-9-. The second-order valence-electron chi connectivity index (χ2n) is 4.47. The van der Waals surface area contributed by atoms with Crippen molar-refractivity contribution in [1.82, 2.24) is 0 Å². The fourth-order valence-electron chi connectivity index (χ4n) is 1.92. The van der Waals surface area contributed by atoms with Gasteiger partial charge in [0.05, 0.1) is 5.69 Å². The minimum atomic E-state index is -1.00. The molecule has 3 rings (SSSR count). The van der Waals surface area contributed by atoms with Crippen molar-refractivity contribution < 1.29 is 19.4 Å². The number of ether oxygens (including phenoxy) is 1. The number of rotatable bonds is 3. The fourth-order valence-corrected chi connectivity index (χ4v) is 2.77. The van der Waals surface area contributed by atoms with E-state index in [1.165, 1.54) is 17.4 Å². The summed E-state index contributed by atoms with van der Waals surface area (Å²) in [5.41, 5.74) is 0.640. The third-order valence-corrected chi connectivity index (χ3v) is 3.89. The highest BCUT2D eigenvalue weighted by Gasteiger charge is 2.21. The number of carboxylic acid groups (broad SMARTS) is 1. The van der Waals surface area contributed by atoms with Gasteiger partial charge in [-0.05, 0) is 30.3 Å². The van der Waals surface area contributed by atoms with Crippen LogP contribution in [0.5, 0.6) is 5.75 Å². The van der Waals surface area contributed by atoms with E-state index in [-0.39, 0.29) is 11.7 Å². The molecule has 1 aromatic carbocycles. The number of aliphatic carboxylic acids is 1. The molecule has 6 heteroatoms. The Kier molecular flexibility index (Phi) is 3.76. The molecule has 0 spiro atoms. The van der Waals surface area contributed by atoms with E-state index >= 15 is 0 Å². The molecular weight excluding hydrogens is 302 g/mol. The van der Waals surface area contributed by atoms with Gasteiger partial charge in [0.25, 0.3) is 5.91 Å². The molecule has 0 saturated carbocycles. The number of hydrogen-bond acceptors (Lipinski definition) is 4. The molecule has 22 heavy (non-hydrogen) atoms. The van der Waals surface area contributed by atoms with Crippen molar-refractivity contribution in [3.8, 4) is 5.75 Å². The van der Waals surface area contributed by atoms with Crippen LogP contribution in [-0.4, -0.2) is 17.0 Å². The van der Waals surface area contributed by atoms with Crippen LogP contribution in [0.25, 0.3) is 12.2 Å². The molecule has 2 heterocycles. The van der Waals surface area contributed by atoms with E-state index in [2.05, 4.69) is 5.32 Å². The van der Waals surface area contributed by atoms with Crippen molar-refractivity contribution in [2.45, 2.75) is 0 Å². The van der Waals surface area contributed by atoms with Gasteiger partial charge in [-0.15, -0.1) is 11.3 Å². The number of nitrogens with one attached hydrogen (secondary N) is 1. The number of anilines is 1. The highest BCUT2D eigenvalue weighted by Crippen LogP contribution is 2.31. The van der Waals surface area contributed by atoms with Crippen molar-refractivity contribution in [2.24, 2.45) is 0 Å². The Morgan fingerprint density at radius 3 is 2.77 bits per heavy atom. The number of para-hydroxylation sites is 2. The van der Waals surface area contributed by atoms with Crippen LogP contribution >= 0.6 is 11.3 Å². The maximum Gasteiger partial charge on any atom is 0.328 e. The molecule has 110 valence electrons. The van der Waals surface area contributed by atoms with Gasteiger partial charge in [0.15, 0.2) is 11.5 Å². The van der Waals surface area contributed by atoms with Gasteiger partial charge >= 0.3 is 5.97 Å². The maximum atomic E-state index is 12.0. The topological polar surface area (TPSA) is 75.6 Å². The number of hydrogen-bond donors (Lipinski definition) is 2. The SMILES string of the molecule is O=C(O)/C=C/c1ccc(/C=C2\Oc3ccccc3NC2=O)s1. The number of amides is 1. The zero-order valence-corrected chi connectivity index (χ0v) is 12.1. The molecule has 0 aliphatic carbocycles. The van der Waals surface area contributed by atoms with Gasteiger partial charge in [-0.25, -0.2) is 4.79 Å². The van der Waals surface area contributed by atoms with Crippen LogP contribution in [-0.2, 0) is 9.59 Å². The third kappa shape index (κ3) is 3.07. The summed E-state index contributed by atoms with van der Waals surface area (Å²) in [5.74, 6) is -0.514. The van der Waals surface area contributed by atoms with Crippen molar-refractivity contribution in [3.05, 3.63) is 58.0 Å². The van der Waals surface area contributed by atoms with Crippen molar-refractivity contribution in [2.75, 3.05) is 5.32 Å². The molecule has 0 fully saturated rings. The molecule has 2 N–H and O–H groups in total. The average molecular weight is 313 g/mol. The zero-order chi connectivity index (χ0) is 15.5. The molecule has 0 radical (unpaired) electrons. The molecule has 0 unspecified atom stereocenters. The first-order valence-corrected chi connectivity index (χ1v) is 7.24. The van der Waals surface area contributed by atoms with Crippen LogP contribution < -0.4 is 10.1 Å². The second kappa shape index (κ2) is 5.87. The zero-order valence-electron chi connectivity index (χ0n) is 11.3. The van der Waals surface area contributed by atoms with Crippen LogP contribution in [0.15, 0.2) is 48.2 Å². The molecule has 1 aliphatic heterocycles. The first-order valence-electron chi connectivity index (χ1n) is 6.42. The highest BCUT2D eigenvalue weighted by atomic mass is 32.1. The van der Waals surface area contributed by atoms with Gasteiger partial charge in [0.2, 0.25) is 0 Å². The second-order valence-corrected chi connectivity index (χ2v) is 5.62. The van der Waals surface area contributed by atoms with Crippen molar-refractivity contribution >= 4 is 41.1 Å². The molecule has 0 saturated heterocycles. The van der Waals surface area contributed by atoms with Gasteiger partial charge in [0, 0.05) is 21.9 Å². The van der Waals surface area contributed by atoms with E-state index in [9.17, 15) is 9.59 Å². The summed E-state index contributed by atoms with van der Waals surface area (Å²) < 4.78 is 5.60. The number of benzene rings is 1. The molecule has 5 nitrogen and oxygen atoms in total. The van der Waals surface area contributed by atoms with Crippen LogP contribution in [0.4, 0.5) is 5.69 Å². The van der Waals surface area contributed by atoms with E-state index in [0.717, 1.165) is 15.8 Å². The molecule has 0 atom stereocenters. The Hall–Kier alpha value is -2.86. The Bertz CT molecular complexity index is 804. The minimum Gasteiger partial charge on any atom is -0.478 e. The fraction of sp³-hybridized carbons (Fsp3) is 0. The molecule has 0 bridgehead atoms. The lowest BCUT2D eigenvalue weighted by atomic mass is 10.2. The lowest BCUT2D eigenvalue weighted by Crippen LogP contribution is -2.23. The number of fused-ring (bicyclic) bond motifs is 1. The van der Waals surface area contributed by atoms with E-state index in [0.29, 0.717) is 11.4 Å². The lowest BCUT2D eigenvalue weighted by molar-refractivity contribution is -0.131. The van der Waals surface area contributed by atoms with Crippen molar-refractivity contribution in [3.63, 3.8) is 0 Å². The summed E-state index contributed by atoms with van der Waals surface area (Å²) >= 11 is 1.37. The van der Waals surface area contributed by atoms with E-state index < -0.39 is 5.97 Å². The summed E-state index contributed by atoms with van der Waals surface area (Å²) in [6.45, 7) is 0. The van der Waals surface area contributed by atoms with Crippen molar-refractivity contribution in [1.29, 1.82) is 0 Å². The monoisotopic (exact) mass is 313 g/mol. The molecule has 1 aromatic heterocycles. The largest absolute Gasteiger partial charge is 0.478 e. The summed E-state index contributed by atoms with van der Waals surface area (Å²) in [4.78, 5) is 24.1. The minimum absolute atomic E-state index is 0.203. The predicted octanol–water partition coefficient (Wildman–Crippen LogP) is 3.22.